The van der Waals surface area contributed by atoms with E-state index < -0.39 is 27.6 Å². The van der Waals surface area contributed by atoms with Crippen LogP contribution < -0.4 is 4.31 Å². The lowest BCUT2D eigenvalue weighted by Gasteiger charge is -2.37. The summed E-state index contributed by atoms with van der Waals surface area (Å²) in [6.07, 6.45) is 7.79. The molecule has 6 rings (SSSR count). The maximum atomic E-state index is 15.2. The van der Waals surface area contributed by atoms with Crippen molar-refractivity contribution in [3.8, 4) is 0 Å². The predicted molar refractivity (Wildman–Crippen MR) is 177 cm³/mol. The van der Waals surface area contributed by atoms with Gasteiger partial charge in [0.05, 0.1) is 11.9 Å². The molecule has 46 heavy (non-hydrogen) atoms. The Morgan fingerprint density at radius 3 is 2.30 bits per heavy atom. The molecule has 2 unspecified atom stereocenters. The topological polar surface area (TPSA) is 70.2 Å². The maximum absolute atomic E-state index is 15.2. The Kier molecular flexibility index (Phi) is 10.0. The van der Waals surface area contributed by atoms with Crippen molar-refractivity contribution in [3.05, 3.63) is 63.7 Å². The van der Waals surface area contributed by atoms with E-state index >= 15 is 4.39 Å². The van der Waals surface area contributed by atoms with Crippen LogP contribution in [-0.2, 0) is 19.6 Å². The molecule has 2 aliphatic heterocycles. The van der Waals surface area contributed by atoms with Gasteiger partial charge in [-0.3, -0.25) is 9.10 Å². The number of amides is 1. The molecule has 0 radical (unpaired) electrons. The number of hydrogen-bond acceptors (Lipinski definition) is 5. The lowest BCUT2D eigenvalue weighted by molar-refractivity contribution is -0.137. The average Bonchev–Trinajstić information content (AvgIpc) is 3.76. The number of nitrogens with zero attached hydrogens (tertiary/aromatic N) is 3. The minimum absolute atomic E-state index is 0.0173. The third-order valence-electron chi connectivity index (χ3n) is 10.9. The second-order valence-electron chi connectivity index (χ2n) is 14.0. The molecule has 2 aliphatic carbocycles. The number of anilines is 1. The summed E-state index contributed by atoms with van der Waals surface area (Å²) in [5, 5.41) is 0.604. The minimum Gasteiger partial charge on any atom is -0.381 e. The second kappa shape index (κ2) is 13.7. The minimum atomic E-state index is -3.50. The van der Waals surface area contributed by atoms with Gasteiger partial charge in [-0.05, 0) is 118 Å². The van der Waals surface area contributed by atoms with Crippen molar-refractivity contribution < 1.29 is 26.7 Å². The van der Waals surface area contributed by atoms with E-state index in [1.807, 2.05) is 24.0 Å². The van der Waals surface area contributed by atoms with Crippen molar-refractivity contribution in [1.29, 1.82) is 0 Å². The van der Waals surface area contributed by atoms with Gasteiger partial charge < -0.3 is 14.5 Å². The van der Waals surface area contributed by atoms with Gasteiger partial charge in [0.1, 0.15) is 11.6 Å². The Hall–Kier alpha value is -2.27. The number of ether oxygens (including phenoxy) is 1. The molecule has 0 bridgehead atoms. The van der Waals surface area contributed by atoms with Gasteiger partial charge in [0.2, 0.25) is 15.9 Å². The van der Waals surface area contributed by atoms with Crippen LogP contribution in [0.15, 0.2) is 30.3 Å². The first-order chi connectivity index (χ1) is 21.9. The van der Waals surface area contributed by atoms with Gasteiger partial charge in [0.15, 0.2) is 0 Å². The molecular formula is C35H46ClF2N3O4S. The summed E-state index contributed by atoms with van der Waals surface area (Å²) < 4.78 is 62.1. The number of carbonyl (C=O) groups excluding carboxylic acids is 1. The molecule has 0 N–H and O–H groups in total. The maximum Gasteiger partial charge on any atom is 0.232 e. The lowest BCUT2D eigenvalue weighted by atomic mass is 9.85. The van der Waals surface area contributed by atoms with E-state index in [2.05, 4.69) is 11.9 Å². The normalized spacial score (nSPS) is 24.9. The lowest BCUT2D eigenvalue weighted by Crippen LogP contribution is -2.44. The highest BCUT2D eigenvalue weighted by atomic mass is 35.5. The summed E-state index contributed by atoms with van der Waals surface area (Å²) in [6.45, 7) is 4.83. The van der Waals surface area contributed by atoms with Crippen LogP contribution in [0.4, 0.5) is 14.5 Å². The van der Waals surface area contributed by atoms with Gasteiger partial charge in [-0.2, -0.15) is 0 Å². The zero-order valence-electron chi connectivity index (χ0n) is 27.1. The number of halogens is 3. The van der Waals surface area contributed by atoms with E-state index in [1.54, 1.807) is 4.31 Å². The number of hydrogen-bond donors (Lipinski definition) is 0. The van der Waals surface area contributed by atoms with Crippen LogP contribution in [0, 0.1) is 30.4 Å². The number of carbonyl (C=O) groups is 1. The zero-order valence-corrected chi connectivity index (χ0v) is 28.6. The van der Waals surface area contributed by atoms with Crippen molar-refractivity contribution in [2.45, 2.75) is 82.2 Å². The number of piperidine rings is 1. The van der Waals surface area contributed by atoms with Crippen molar-refractivity contribution in [2.75, 3.05) is 50.5 Å². The molecule has 7 nitrogen and oxygen atoms in total. The molecule has 4 fully saturated rings. The smallest absolute Gasteiger partial charge is 0.232 e. The summed E-state index contributed by atoms with van der Waals surface area (Å²) in [7, 11) is -1.40. The second-order valence-corrected chi connectivity index (χ2v) is 16.3. The fourth-order valence-electron chi connectivity index (χ4n) is 7.97. The molecule has 2 aromatic rings. The van der Waals surface area contributed by atoms with E-state index in [0.717, 1.165) is 42.9 Å². The van der Waals surface area contributed by atoms with Crippen LogP contribution >= 0.6 is 11.6 Å². The highest BCUT2D eigenvalue weighted by Crippen LogP contribution is 2.46. The third kappa shape index (κ3) is 7.25. The summed E-state index contributed by atoms with van der Waals surface area (Å²) in [6, 6.07) is 7.99. The molecule has 0 aromatic heterocycles. The predicted octanol–water partition coefficient (Wildman–Crippen LogP) is 6.48. The first kappa shape index (κ1) is 33.6. The molecule has 11 heteroatoms. The molecular weight excluding hydrogens is 632 g/mol. The summed E-state index contributed by atoms with van der Waals surface area (Å²) in [4.78, 5) is 18.5. The average molecular weight is 678 g/mol. The molecule has 1 amide bonds. The molecule has 3 atom stereocenters. The van der Waals surface area contributed by atoms with E-state index in [-0.39, 0.29) is 23.8 Å². The Labute approximate surface area is 277 Å². The third-order valence-corrected chi connectivity index (χ3v) is 12.5. The van der Waals surface area contributed by atoms with Crippen molar-refractivity contribution in [1.82, 2.24) is 9.80 Å². The molecule has 4 aliphatic rings. The van der Waals surface area contributed by atoms with Gasteiger partial charge in [-0.25, -0.2) is 17.2 Å². The number of benzene rings is 2. The SMILES string of the molecule is Cc1cc(N(CC2CC2)S(C)(=O)=O)c(C2CCN(C(=O)C3CC(N(C)C4CCOCC4)C[C@H]3c3ccc(F)cc3F)CC2)cc1Cl. The highest BCUT2D eigenvalue weighted by molar-refractivity contribution is 7.92. The summed E-state index contributed by atoms with van der Waals surface area (Å²) in [5.41, 5.74) is 2.85. The summed E-state index contributed by atoms with van der Waals surface area (Å²) >= 11 is 6.60. The molecule has 0 spiro atoms. The Bertz CT molecular complexity index is 1540. The highest BCUT2D eigenvalue weighted by Gasteiger charge is 2.45. The van der Waals surface area contributed by atoms with Crippen molar-refractivity contribution in [2.24, 2.45) is 11.8 Å². The van der Waals surface area contributed by atoms with Crippen LogP contribution in [-0.4, -0.2) is 82.4 Å². The van der Waals surface area contributed by atoms with Crippen LogP contribution in [0.5, 0.6) is 0 Å². The van der Waals surface area contributed by atoms with Crippen molar-refractivity contribution >= 4 is 33.2 Å². The molecule has 2 heterocycles. The van der Waals surface area contributed by atoms with Gasteiger partial charge in [-0.1, -0.05) is 17.7 Å². The Morgan fingerprint density at radius 2 is 1.67 bits per heavy atom. The molecule has 2 saturated carbocycles. The fourth-order valence-corrected chi connectivity index (χ4v) is 9.14. The number of aryl methyl sites for hydroxylation is 1. The van der Waals surface area contributed by atoms with Gasteiger partial charge >= 0.3 is 0 Å². The standard InChI is InChI=1S/C35H46ClF2N3O4S/c1-22-16-34(41(46(3,43)44)21-23-4-5-23)29(20-32(22)36)24-8-12-40(13-9-24)35(42)31-19-27(39(2)26-10-14-45-15-11-26)18-30(31)28-7-6-25(37)17-33(28)38/h6-7,16-17,20,23-24,26-27,30-31H,4-5,8-15,18-19,21H2,1-3H3/t27?,30-,31?/m0/s1. The number of likely N-dealkylation sites (tertiary alicyclic amines) is 1. The van der Waals surface area contributed by atoms with Gasteiger partial charge in [0.25, 0.3) is 0 Å². The Morgan fingerprint density at radius 1 is 0.978 bits per heavy atom. The summed E-state index contributed by atoms with van der Waals surface area (Å²) in [5.74, 6) is -1.54. The van der Waals surface area contributed by atoms with Gasteiger partial charge in [-0.15, -0.1) is 0 Å². The molecule has 2 aromatic carbocycles. The van der Waals surface area contributed by atoms with E-state index in [4.69, 9.17) is 16.3 Å². The van der Waals surface area contributed by atoms with Gasteiger partial charge in [0, 0.05) is 61.9 Å². The quantitative estimate of drug-likeness (QED) is 0.304. The van der Waals surface area contributed by atoms with E-state index in [0.29, 0.717) is 86.8 Å². The Balaban J connectivity index is 1.21. The molecule has 2 saturated heterocycles. The van der Waals surface area contributed by atoms with Crippen LogP contribution in [0.3, 0.4) is 0 Å². The first-order valence-corrected chi connectivity index (χ1v) is 18.9. The first-order valence-electron chi connectivity index (χ1n) is 16.7. The van der Waals surface area contributed by atoms with Crippen LogP contribution in [0.25, 0.3) is 0 Å². The number of rotatable bonds is 9. The number of sulfonamides is 1. The fraction of sp³-hybridized carbons (Fsp3) is 0.629. The zero-order chi connectivity index (χ0) is 32.7. The van der Waals surface area contributed by atoms with Crippen LogP contribution in [0.2, 0.25) is 5.02 Å². The van der Waals surface area contributed by atoms with Crippen LogP contribution in [0.1, 0.15) is 79.9 Å². The molecule has 252 valence electrons. The van der Waals surface area contributed by atoms with Crippen molar-refractivity contribution in [3.63, 3.8) is 0 Å². The van der Waals surface area contributed by atoms with E-state index in [9.17, 15) is 17.6 Å². The van der Waals surface area contributed by atoms with E-state index in [1.165, 1.54) is 18.4 Å². The monoisotopic (exact) mass is 677 g/mol. The largest absolute Gasteiger partial charge is 0.381 e.